The van der Waals surface area contributed by atoms with E-state index in [1.54, 1.807) is 25.3 Å². The van der Waals surface area contributed by atoms with Crippen LogP contribution in [0.15, 0.2) is 47.4 Å². The fourth-order valence-electron chi connectivity index (χ4n) is 2.87. The highest BCUT2D eigenvalue weighted by atomic mass is 32.2. The van der Waals surface area contributed by atoms with Gasteiger partial charge >= 0.3 is 0 Å². The highest BCUT2D eigenvalue weighted by Crippen LogP contribution is 2.27. The Bertz CT molecular complexity index is 1220. The van der Waals surface area contributed by atoms with E-state index in [0.29, 0.717) is 11.4 Å². The minimum Gasteiger partial charge on any atom is -0.497 e. The van der Waals surface area contributed by atoms with Crippen LogP contribution in [0.1, 0.15) is 10.5 Å². The first-order valence-electron chi connectivity index (χ1n) is 8.86. The van der Waals surface area contributed by atoms with Gasteiger partial charge in [0.15, 0.2) is 9.84 Å². The van der Waals surface area contributed by atoms with Crippen LogP contribution in [0.4, 0.5) is 11.4 Å². The van der Waals surface area contributed by atoms with E-state index in [1.807, 2.05) is 6.07 Å². The fourth-order valence-corrected chi connectivity index (χ4v) is 3.51. The monoisotopic (exact) mass is 432 g/mol. The summed E-state index contributed by atoms with van der Waals surface area (Å²) in [7, 11) is -2.00. The van der Waals surface area contributed by atoms with Crippen molar-refractivity contribution in [3.05, 3.63) is 58.3 Å². The number of sulfone groups is 1. The summed E-state index contributed by atoms with van der Waals surface area (Å²) in [5, 5.41) is 17.7. The third kappa shape index (κ3) is 4.69. The maximum absolute atomic E-state index is 12.3. The summed E-state index contributed by atoms with van der Waals surface area (Å²) in [5.41, 5.74) is 0.953. The van der Waals surface area contributed by atoms with Crippen molar-refractivity contribution >= 4 is 38.0 Å². The quantitative estimate of drug-likeness (QED) is 0.281. The maximum atomic E-state index is 12.3. The van der Waals surface area contributed by atoms with Crippen molar-refractivity contribution in [1.82, 2.24) is 10.3 Å². The molecule has 1 heterocycles. The zero-order valence-corrected chi connectivity index (χ0v) is 17.1. The van der Waals surface area contributed by atoms with Crippen LogP contribution >= 0.6 is 0 Å². The lowest BCUT2D eigenvalue weighted by Crippen LogP contribution is -2.29. The summed E-state index contributed by atoms with van der Waals surface area (Å²) in [4.78, 5) is 25.8. The number of rotatable bonds is 8. The van der Waals surface area contributed by atoms with Crippen LogP contribution in [-0.2, 0) is 9.84 Å². The smallest absolute Gasteiger partial charge is 0.293 e. The molecule has 0 atom stereocenters. The molecule has 3 aromatic rings. The molecule has 0 aliphatic heterocycles. The number of aromatic nitrogens is 1. The van der Waals surface area contributed by atoms with E-state index in [2.05, 4.69) is 15.6 Å². The Morgan fingerprint density at radius 1 is 1.17 bits per heavy atom. The first kappa shape index (κ1) is 21.1. The second kappa shape index (κ2) is 8.41. The van der Waals surface area contributed by atoms with Crippen LogP contribution in [0, 0.1) is 10.1 Å². The van der Waals surface area contributed by atoms with Gasteiger partial charge in [-0.05, 0) is 30.3 Å². The topological polar surface area (TPSA) is 143 Å². The van der Waals surface area contributed by atoms with E-state index in [1.165, 1.54) is 12.1 Å². The van der Waals surface area contributed by atoms with E-state index in [-0.39, 0.29) is 35.3 Å². The molecule has 0 aliphatic rings. The molecule has 0 radical (unpaired) electrons. The molecule has 0 bridgehead atoms. The molecule has 158 valence electrons. The number of fused-ring (bicyclic) bond motifs is 1. The first-order chi connectivity index (χ1) is 14.2. The third-order valence-corrected chi connectivity index (χ3v) is 5.50. The van der Waals surface area contributed by atoms with Gasteiger partial charge in [0.1, 0.15) is 17.1 Å². The van der Waals surface area contributed by atoms with Crippen LogP contribution < -0.4 is 15.4 Å². The van der Waals surface area contributed by atoms with Gasteiger partial charge in [-0.25, -0.2) is 8.42 Å². The average Bonchev–Trinajstić information content (AvgIpc) is 3.13. The summed E-state index contributed by atoms with van der Waals surface area (Å²) in [6.45, 7) is 0.404. The molecule has 1 aromatic heterocycles. The van der Waals surface area contributed by atoms with Crippen molar-refractivity contribution < 1.29 is 22.9 Å². The molecule has 0 fully saturated rings. The Morgan fingerprint density at radius 2 is 1.93 bits per heavy atom. The average molecular weight is 432 g/mol. The number of carbonyl (C=O) groups excluding carboxylic acids is 1. The van der Waals surface area contributed by atoms with Gasteiger partial charge in [0, 0.05) is 42.4 Å². The number of nitrogens with one attached hydrogen (secondary N) is 3. The van der Waals surface area contributed by atoms with Crippen molar-refractivity contribution in [1.29, 1.82) is 0 Å². The number of anilines is 1. The van der Waals surface area contributed by atoms with Gasteiger partial charge in [0.25, 0.3) is 11.6 Å². The first-order valence-corrected chi connectivity index (χ1v) is 10.8. The van der Waals surface area contributed by atoms with Gasteiger partial charge in [0.2, 0.25) is 0 Å². The summed E-state index contributed by atoms with van der Waals surface area (Å²) < 4.78 is 28.3. The van der Waals surface area contributed by atoms with Crippen molar-refractivity contribution in [3.63, 3.8) is 0 Å². The molecule has 3 rings (SSSR count). The van der Waals surface area contributed by atoms with Gasteiger partial charge in [-0.2, -0.15) is 0 Å². The fraction of sp³-hybridized carbons (Fsp3) is 0.211. The molecule has 0 spiro atoms. The SMILES string of the molecule is COc1ccc2cc(C(=O)NCCNc3ccc(S(C)(=O)=O)cc3[N+](=O)[O-])[nH]c2c1. The van der Waals surface area contributed by atoms with Gasteiger partial charge < -0.3 is 20.4 Å². The minimum absolute atomic E-state index is 0.136. The van der Waals surface area contributed by atoms with Crippen LogP contribution in [0.25, 0.3) is 10.9 Å². The van der Waals surface area contributed by atoms with Crippen molar-refractivity contribution in [2.24, 2.45) is 0 Å². The molecule has 11 heteroatoms. The number of hydrogen-bond acceptors (Lipinski definition) is 7. The molecular weight excluding hydrogens is 412 g/mol. The van der Waals surface area contributed by atoms with Crippen LogP contribution in [0.2, 0.25) is 0 Å². The number of aromatic amines is 1. The second-order valence-electron chi connectivity index (χ2n) is 6.53. The van der Waals surface area contributed by atoms with Crippen molar-refractivity contribution in [2.45, 2.75) is 4.90 Å². The van der Waals surface area contributed by atoms with Gasteiger partial charge in [-0.1, -0.05) is 0 Å². The molecule has 1 amide bonds. The number of ether oxygens (including phenoxy) is 1. The molecule has 0 aliphatic carbocycles. The second-order valence-corrected chi connectivity index (χ2v) is 8.54. The van der Waals surface area contributed by atoms with Gasteiger partial charge in [-0.3, -0.25) is 14.9 Å². The number of methoxy groups -OCH3 is 1. The predicted molar refractivity (Wildman–Crippen MR) is 112 cm³/mol. The lowest BCUT2D eigenvalue weighted by molar-refractivity contribution is -0.384. The molecular formula is C19H20N4O6S. The van der Waals surface area contributed by atoms with Gasteiger partial charge in [0.05, 0.1) is 16.9 Å². The Hall–Kier alpha value is -3.60. The number of nitrogens with zero attached hydrogens (tertiary/aromatic N) is 1. The molecule has 10 nitrogen and oxygen atoms in total. The standard InChI is InChI=1S/C19H20N4O6S/c1-29-13-4-3-12-9-17(22-16(12)10-13)19(24)21-8-7-20-15-6-5-14(30(2,27)28)11-18(15)23(25)26/h3-6,9-11,20,22H,7-8H2,1-2H3,(H,21,24). The van der Waals surface area contributed by atoms with E-state index < -0.39 is 14.8 Å². The summed E-state index contributed by atoms with van der Waals surface area (Å²) in [6, 6.07) is 10.8. The summed E-state index contributed by atoms with van der Waals surface area (Å²) in [5.74, 6) is 0.345. The number of carbonyl (C=O) groups is 1. The van der Waals surface area contributed by atoms with E-state index >= 15 is 0 Å². The number of nitro groups is 1. The van der Waals surface area contributed by atoms with Crippen LogP contribution in [-0.4, -0.2) is 50.7 Å². The van der Waals surface area contributed by atoms with Crippen LogP contribution in [0.3, 0.4) is 0 Å². The zero-order chi connectivity index (χ0) is 21.9. The Balaban J connectivity index is 1.62. The minimum atomic E-state index is -3.56. The molecule has 0 saturated carbocycles. The number of nitro benzene ring substituents is 1. The van der Waals surface area contributed by atoms with E-state index in [9.17, 15) is 23.3 Å². The van der Waals surface area contributed by atoms with Crippen molar-refractivity contribution in [3.8, 4) is 5.75 Å². The summed E-state index contributed by atoms with van der Waals surface area (Å²) in [6.07, 6.45) is 0.981. The lowest BCUT2D eigenvalue weighted by atomic mass is 10.2. The zero-order valence-electron chi connectivity index (χ0n) is 16.3. The Labute approximate surface area is 172 Å². The number of hydrogen-bond donors (Lipinski definition) is 3. The maximum Gasteiger partial charge on any atom is 0.293 e. The number of H-pyrrole nitrogens is 1. The highest BCUT2D eigenvalue weighted by molar-refractivity contribution is 7.90. The molecule has 3 N–H and O–H groups in total. The van der Waals surface area contributed by atoms with Crippen LogP contribution in [0.5, 0.6) is 5.75 Å². The largest absolute Gasteiger partial charge is 0.497 e. The predicted octanol–water partition coefficient (Wildman–Crippen LogP) is 2.33. The Morgan fingerprint density at radius 3 is 2.60 bits per heavy atom. The lowest BCUT2D eigenvalue weighted by Gasteiger charge is -2.09. The van der Waals surface area contributed by atoms with E-state index in [4.69, 9.17) is 4.74 Å². The molecule has 0 saturated heterocycles. The third-order valence-electron chi connectivity index (χ3n) is 4.39. The molecule has 0 unspecified atom stereocenters. The molecule has 30 heavy (non-hydrogen) atoms. The summed E-state index contributed by atoms with van der Waals surface area (Å²) >= 11 is 0. The normalized spacial score (nSPS) is 11.3. The number of benzene rings is 2. The van der Waals surface area contributed by atoms with Crippen molar-refractivity contribution in [2.75, 3.05) is 31.8 Å². The number of amides is 1. The van der Waals surface area contributed by atoms with E-state index in [0.717, 1.165) is 23.2 Å². The van der Waals surface area contributed by atoms with Gasteiger partial charge in [-0.15, -0.1) is 0 Å². The molecule has 2 aromatic carbocycles. The Kier molecular flexibility index (Phi) is 5.92. The highest BCUT2D eigenvalue weighted by Gasteiger charge is 2.18.